The van der Waals surface area contributed by atoms with Gasteiger partial charge in [-0.25, -0.2) is 10.4 Å². The van der Waals surface area contributed by atoms with Crippen LogP contribution in [0.5, 0.6) is 0 Å². The number of hydrogen-bond donors (Lipinski definition) is 9. The van der Waals surface area contributed by atoms with Gasteiger partial charge in [-0.2, -0.15) is 10.5 Å². The molecule has 0 radical (unpaired) electrons. The highest BCUT2D eigenvalue weighted by molar-refractivity contribution is 5.65. The van der Waals surface area contributed by atoms with Gasteiger partial charge in [-0.15, -0.1) is 0 Å². The van der Waals surface area contributed by atoms with Crippen molar-refractivity contribution in [3.63, 3.8) is 0 Å². The van der Waals surface area contributed by atoms with E-state index in [1.165, 1.54) is 6.92 Å². The largest absolute Gasteiger partial charge is 0.595 e. The molecular weight excluding hydrogens is 342 g/mol. The predicted molar refractivity (Wildman–Crippen MR) is 80.1 cm³/mol. The summed E-state index contributed by atoms with van der Waals surface area (Å²) in [7, 11) is 0. The number of aliphatic hydroxyl groups is 4. The molecule has 12 nitrogen and oxygen atoms in total. The van der Waals surface area contributed by atoms with Crippen LogP contribution in [0.25, 0.3) is 0 Å². The number of hydrogen-bond acceptors (Lipinski definition) is 10. The third kappa shape index (κ3) is 4.05. The van der Waals surface area contributed by atoms with Gasteiger partial charge in [0.15, 0.2) is 17.6 Å². The summed E-state index contributed by atoms with van der Waals surface area (Å²) in [6.07, 6.45) is -7.22. The Bertz CT molecular complexity index is 598. The Balaban J connectivity index is 2.35. The van der Waals surface area contributed by atoms with Crippen LogP contribution in [0, 0.1) is 17.3 Å². The Hall–Kier alpha value is -1.42. The van der Waals surface area contributed by atoms with Gasteiger partial charge in [-0.1, -0.05) is 0 Å². The molecule has 0 bridgehead atoms. The number of benzene rings is 1. The van der Waals surface area contributed by atoms with Crippen molar-refractivity contribution in [3.8, 4) is 0 Å². The molecule has 1 aromatic carbocycles. The fourth-order valence-electron chi connectivity index (χ4n) is 2.58. The van der Waals surface area contributed by atoms with Gasteiger partial charge in [0, 0.05) is 11.6 Å². The highest BCUT2D eigenvalue weighted by Crippen LogP contribution is 2.28. The molecule has 9 N–H and O–H groups in total. The minimum Gasteiger partial charge on any atom is -0.595 e. The average Bonchev–Trinajstić information content (AvgIpc) is 2.56. The van der Waals surface area contributed by atoms with Gasteiger partial charge in [0.05, 0.1) is 18.4 Å². The SMILES string of the molecule is Cc1c(NC2OC(CO)C(O)C(O)C2O)cc([NH+]([O-])O)cc1[NH+]([O-])O. The topological polar surface area (TPSA) is 198 Å². The zero-order chi connectivity index (χ0) is 18.9. The van der Waals surface area contributed by atoms with Crippen LogP contribution in [0.4, 0.5) is 17.1 Å². The molecule has 1 saturated heterocycles. The van der Waals surface area contributed by atoms with E-state index in [-0.39, 0.29) is 22.6 Å². The van der Waals surface area contributed by atoms with E-state index in [2.05, 4.69) is 5.32 Å². The second-order valence-electron chi connectivity index (χ2n) is 5.70. The monoisotopic (exact) mass is 363 g/mol. The number of aliphatic hydroxyl groups excluding tert-OH is 4. The van der Waals surface area contributed by atoms with Crippen LogP contribution in [-0.4, -0.2) is 68.1 Å². The van der Waals surface area contributed by atoms with Crippen molar-refractivity contribution in [3.05, 3.63) is 28.1 Å². The molecule has 25 heavy (non-hydrogen) atoms. The first kappa shape index (κ1) is 19.9. The van der Waals surface area contributed by atoms with Gasteiger partial charge < -0.3 is 40.9 Å². The minimum atomic E-state index is -1.62. The fourth-order valence-corrected chi connectivity index (χ4v) is 2.58. The third-order valence-corrected chi connectivity index (χ3v) is 4.08. The van der Waals surface area contributed by atoms with Crippen LogP contribution >= 0.6 is 0 Å². The van der Waals surface area contributed by atoms with E-state index >= 15 is 0 Å². The number of ether oxygens (including phenoxy) is 1. The van der Waals surface area contributed by atoms with Crippen LogP contribution in [0.15, 0.2) is 12.1 Å². The highest BCUT2D eigenvalue weighted by Gasteiger charge is 2.43. The van der Waals surface area contributed by atoms with Gasteiger partial charge in [0.25, 0.3) is 0 Å². The van der Waals surface area contributed by atoms with Crippen LogP contribution < -0.4 is 15.8 Å². The van der Waals surface area contributed by atoms with Crippen LogP contribution in [0.3, 0.4) is 0 Å². The molecule has 7 atom stereocenters. The average molecular weight is 363 g/mol. The van der Waals surface area contributed by atoms with Gasteiger partial charge in [0.2, 0.25) is 0 Å². The van der Waals surface area contributed by atoms with Crippen LogP contribution in [-0.2, 0) is 4.74 Å². The van der Waals surface area contributed by atoms with Crippen LogP contribution in [0.2, 0.25) is 0 Å². The van der Waals surface area contributed by atoms with Crippen molar-refractivity contribution in [2.75, 3.05) is 11.9 Å². The summed E-state index contributed by atoms with van der Waals surface area (Å²) in [4.78, 5) is 0. The number of anilines is 1. The Kier molecular flexibility index (Phi) is 6.26. The normalized spacial score (nSPS) is 32.3. The molecular formula is C13H21N3O9. The number of quaternary nitrogens is 2. The number of rotatable bonds is 5. The van der Waals surface area contributed by atoms with E-state index in [1.54, 1.807) is 0 Å². The zero-order valence-electron chi connectivity index (χ0n) is 13.2. The highest BCUT2D eigenvalue weighted by atomic mass is 16.8. The Morgan fingerprint density at radius 3 is 2.24 bits per heavy atom. The molecule has 0 saturated carbocycles. The maximum absolute atomic E-state index is 11.3. The van der Waals surface area contributed by atoms with Gasteiger partial charge in [-0.05, 0) is 6.92 Å². The fraction of sp³-hybridized carbons (Fsp3) is 0.538. The molecule has 2 rings (SSSR count). The minimum absolute atomic E-state index is 0.0571. The van der Waals surface area contributed by atoms with Crippen molar-refractivity contribution in [2.24, 2.45) is 0 Å². The van der Waals surface area contributed by atoms with Crippen molar-refractivity contribution in [1.82, 2.24) is 0 Å². The molecule has 1 aliphatic heterocycles. The standard InChI is InChI=1S/C13H21N3O9/c1-5-7(2-6(15(21)22)3-8(5)16(23)24)14-13-12(20)11(19)10(18)9(4-17)25-13/h2-3,9-21,23H,4H2,1H3. The molecule has 0 amide bonds. The van der Waals surface area contributed by atoms with E-state index in [9.17, 15) is 36.0 Å². The number of nitrogens with one attached hydrogen (secondary N) is 3. The second kappa shape index (κ2) is 7.86. The van der Waals surface area contributed by atoms with Crippen molar-refractivity contribution in [2.45, 2.75) is 37.6 Å². The summed E-state index contributed by atoms with van der Waals surface area (Å²) < 4.78 is 5.27. The van der Waals surface area contributed by atoms with Crippen molar-refractivity contribution in [1.29, 1.82) is 0 Å². The van der Waals surface area contributed by atoms with Gasteiger partial charge in [0.1, 0.15) is 24.4 Å². The predicted octanol–water partition coefficient (Wildman–Crippen LogP) is -3.99. The molecule has 1 aliphatic rings. The van der Waals surface area contributed by atoms with Crippen LogP contribution in [0.1, 0.15) is 5.56 Å². The van der Waals surface area contributed by atoms with Crippen molar-refractivity contribution >= 4 is 17.1 Å². The summed E-state index contributed by atoms with van der Waals surface area (Å²) in [5, 5.41) is 79.5. The molecule has 0 aromatic heterocycles. The molecule has 7 unspecified atom stereocenters. The lowest BCUT2D eigenvalue weighted by molar-refractivity contribution is -0.996. The first-order valence-corrected chi connectivity index (χ1v) is 7.35. The summed E-state index contributed by atoms with van der Waals surface area (Å²) in [6.45, 7) is 0.805. The van der Waals surface area contributed by atoms with Crippen molar-refractivity contribution < 1.29 is 46.0 Å². The lowest BCUT2D eigenvalue weighted by atomic mass is 9.98. The van der Waals surface area contributed by atoms with E-state index in [4.69, 9.17) is 9.94 Å². The quantitative estimate of drug-likeness (QED) is 0.232. The molecule has 0 spiro atoms. The molecule has 0 aliphatic carbocycles. The molecule has 1 aromatic rings. The summed E-state index contributed by atoms with van der Waals surface area (Å²) in [5.41, 5.74) is -0.307. The Labute approximate surface area is 141 Å². The zero-order valence-corrected chi connectivity index (χ0v) is 13.2. The maximum atomic E-state index is 11.3. The lowest BCUT2D eigenvalue weighted by Gasteiger charge is -2.40. The van der Waals surface area contributed by atoms with E-state index in [0.29, 0.717) is 0 Å². The van der Waals surface area contributed by atoms with E-state index < -0.39 is 47.7 Å². The maximum Gasteiger partial charge on any atom is 0.174 e. The molecule has 1 heterocycles. The molecule has 142 valence electrons. The smallest absolute Gasteiger partial charge is 0.174 e. The Morgan fingerprint density at radius 1 is 1.08 bits per heavy atom. The van der Waals surface area contributed by atoms with Gasteiger partial charge in [-0.3, -0.25) is 0 Å². The Morgan fingerprint density at radius 2 is 1.72 bits per heavy atom. The third-order valence-electron chi connectivity index (χ3n) is 4.08. The summed E-state index contributed by atoms with van der Waals surface area (Å²) in [6, 6.07) is 2.16. The summed E-state index contributed by atoms with van der Waals surface area (Å²) in [5.74, 6) is 0. The second-order valence-corrected chi connectivity index (χ2v) is 5.70. The first-order chi connectivity index (χ1) is 11.7. The lowest BCUT2D eigenvalue weighted by Crippen LogP contribution is -3.01. The van der Waals surface area contributed by atoms with Gasteiger partial charge >= 0.3 is 0 Å². The first-order valence-electron chi connectivity index (χ1n) is 7.35. The van der Waals surface area contributed by atoms with E-state index in [0.717, 1.165) is 12.1 Å². The summed E-state index contributed by atoms with van der Waals surface area (Å²) >= 11 is 0. The molecule has 12 heteroatoms. The molecule has 1 fully saturated rings. The van der Waals surface area contributed by atoms with E-state index in [1.807, 2.05) is 0 Å².